The highest BCUT2D eigenvalue weighted by Gasteiger charge is 2.32. The zero-order valence-electron chi connectivity index (χ0n) is 28.1. The Morgan fingerprint density at radius 3 is 1.64 bits per heavy atom. The molecule has 0 radical (unpaired) electrons. The number of hydrogen-bond acceptors (Lipinski definition) is 10. The minimum atomic E-state index is -4.47. The number of aromatic hydroxyl groups is 3. The van der Waals surface area contributed by atoms with Crippen LogP contribution in [-0.4, -0.2) is 37.4 Å². The third-order valence-electron chi connectivity index (χ3n) is 7.19. The van der Waals surface area contributed by atoms with Crippen LogP contribution in [0.1, 0.15) is 22.4 Å². The van der Waals surface area contributed by atoms with Crippen LogP contribution in [0.5, 0.6) is 23.1 Å². The summed E-state index contributed by atoms with van der Waals surface area (Å²) in [6, 6.07) is 27.4. The van der Waals surface area contributed by atoms with E-state index in [1.54, 1.807) is 68.0 Å². The summed E-state index contributed by atoms with van der Waals surface area (Å²) in [4.78, 5) is 11.3. The molecule has 10 nitrogen and oxygen atoms in total. The van der Waals surface area contributed by atoms with Gasteiger partial charge in [0.1, 0.15) is 33.4 Å². The molecule has 0 saturated carbocycles. The Morgan fingerprint density at radius 1 is 0.604 bits per heavy atom. The van der Waals surface area contributed by atoms with Crippen LogP contribution in [0, 0.1) is 5.82 Å². The summed E-state index contributed by atoms with van der Waals surface area (Å²) in [5, 5.41) is 37.8. The predicted octanol–water partition coefficient (Wildman–Crippen LogP) is 9.13. The average Bonchev–Trinajstić information content (AvgIpc) is 3.15. The zero-order chi connectivity index (χ0) is 38.2. The minimum absolute atomic E-state index is 0.0759. The third kappa shape index (κ3) is 13.2. The van der Waals surface area contributed by atoms with Gasteiger partial charge in [-0.2, -0.15) is 13.2 Å². The Hall–Kier alpha value is -6.09. The summed E-state index contributed by atoms with van der Waals surface area (Å²) in [7, 11) is 1.58. The van der Waals surface area contributed by atoms with Gasteiger partial charge in [0.15, 0.2) is 0 Å². The second-order valence-corrected chi connectivity index (χ2v) is 11.8. The molecule has 6 rings (SSSR count). The van der Waals surface area contributed by atoms with Crippen LogP contribution in [0.15, 0.2) is 126 Å². The van der Waals surface area contributed by atoms with Crippen LogP contribution < -0.4 is 20.7 Å². The molecular weight excluding hydrogens is 760 g/mol. The largest absolute Gasteiger partial charge is 0.508 e. The summed E-state index contributed by atoms with van der Waals surface area (Å²) in [6.07, 6.45) is -0.0492. The fourth-order valence-electron chi connectivity index (χ4n) is 4.45. The number of aromatic nitrogens is 3. The number of rotatable bonds is 10. The van der Waals surface area contributed by atoms with E-state index in [0.29, 0.717) is 46.1 Å². The number of benzene rings is 3. The molecule has 0 amide bonds. The third-order valence-corrected chi connectivity index (χ3v) is 7.63. The quantitative estimate of drug-likeness (QED) is 0.0587. The Balaban J connectivity index is 0.000000178. The number of nitrogens with one attached hydrogen (secondary N) is 3. The van der Waals surface area contributed by atoms with Crippen molar-refractivity contribution in [3.63, 3.8) is 0 Å². The van der Waals surface area contributed by atoms with E-state index < -0.39 is 11.9 Å². The smallest absolute Gasteiger partial charge is 0.433 e. The first-order chi connectivity index (χ1) is 25.4. The lowest BCUT2D eigenvalue weighted by Gasteiger charge is -2.10. The average molecular weight is 796 g/mol. The number of alkyl halides is 3. The molecule has 0 aliphatic carbocycles. The van der Waals surface area contributed by atoms with E-state index in [1.807, 2.05) is 18.2 Å². The van der Waals surface area contributed by atoms with E-state index in [2.05, 4.69) is 46.8 Å². The number of ether oxygens (including phenoxy) is 1. The normalized spacial score (nSPS) is 10.5. The van der Waals surface area contributed by atoms with Crippen molar-refractivity contribution in [2.75, 3.05) is 23.1 Å². The Morgan fingerprint density at radius 2 is 1.09 bits per heavy atom. The second-order valence-electron chi connectivity index (χ2n) is 11.0. The Bertz CT molecular complexity index is 2070. The van der Waals surface area contributed by atoms with Crippen molar-refractivity contribution in [2.45, 2.75) is 25.8 Å². The molecule has 0 bridgehead atoms. The summed E-state index contributed by atoms with van der Waals surface area (Å²) in [6.45, 7) is 1.13. The van der Waals surface area contributed by atoms with Crippen molar-refractivity contribution in [1.29, 1.82) is 0 Å². The molecule has 0 aliphatic rings. The van der Waals surface area contributed by atoms with Crippen molar-refractivity contribution in [2.24, 2.45) is 0 Å². The van der Waals surface area contributed by atoms with Gasteiger partial charge in [-0.15, -0.1) is 0 Å². The first-order valence-electron chi connectivity index (χ1n) is 15.8. The number of phenols is 3. The van der Waals surface area contributed by atoms with E-state index >= 15 is 0 Å². The number of halogens is 5. The lowest BCUT2D eigenvalue weighted by molar-refractivity contribution is -0.141. The lowest BCUT2D eigenvalue weighted by Crippen LogP contribution is -2.09. The second kappa shape index (κ2) is 19.5. The summed E-state index contributed by atoms with van der Waals surface area (Å²) < 4.78 is 56.1. The number of phenolic OH excluding ortho intramolecular Hbond substituents is 3. The molecule has 276 valence electrons. The van der Waals surface area contributed by atoms with Crippen LogP contribution in [0.2, 0.25) is 0 Å². The van der Waals surface area contributed by atoms with Crippen LogP contribution >= 0.6 is 15.9 Å². The molecule has 0 saturated heterocycles. The van der Waals surface area contributed by atoms with Crippen molar-refractivity contribution in [3.8, 4) is 23.1 Å². The van der Waals surface area contributed by atoms with Crippen molar-refractivity contribution < 1.29 is 37.6 Å². The maximum absolute atomic E-state index is 13.0. The first-order valence-corrected chi connectivity index (χ1v) is 16.6. The van der Waals surface area contributed by atoms with Gasteiger partial charge in [0.05, 0.1) is 7.11 Å². The number of nitrogens with zero attached hydrogens (tertiary/aromatic N) is 3. The number of pyridine rings is 3. The molecule has 3 aromatic heterocycles. The van der Waals surface area contributed by atoms with Crippen LogP contribution in [0.4, 0.5) is 34.6 Å². The molecule has 0 aliphatic heterocycles. The van der Waals surface area contributed by atoms with Crippen molar-refractivity contribution >= 4 is 33.0 Å². The minimum Gasteiger partial charge on any atom is -0.508 e. The molecule has 0 spiro atoms. The lowest BCUT2D eigenvalue weighted by atomic mass is 10.2. The Labute approximate surface area is 311 Å². The van der Waals surface area contributed by atoms with Gasteiger partial charge < -0.3 is 36.0 Å². The van der Waals surface area contributed by atoms with Gasteiger partial charge in [-0.05, 0) is 76.6 Å². The molecule has 0 atom stereocenters. The summed E-state index contributed by atoms with van der Waals surface area (Å²) in [5.41, 5.74) is 3.06. The maximum Gasteiger partial charge on any atom is 0.433 e. The van der Waals surface area contributed by atoms with E-state index in [9.17, 15) is 32.9 Å². The van der Waals surface area contributed by atoms with Gasteiger partial charge in [-0.1, -0.05) is 36.4 Å². The van der Waals surface area contributed by atoms with Crippen LogP contribution in [0.25, 0.3) is 0 Å². The highest BCUT2D eigenvalue weighted by atomic mass is 79.9. The number of para-hydroxylation sites is 2. The van der Waals surface area contributed by atoms with E-state index in [4.69, 9.17) is 4.74 Å². The zero-order valence-corrected chi connectivity index (χ0v) is 29.7. The van der Waals surface area contributed by atoms with Gasteiger partial charge in [0.25, 0.3) is 0 Å². The maximum atomic E-state index is 13.0. The topological polar surface area (TPSA) is 145 Å². The van der Waals surface area contributed by atoms with E-state index in [1.165, 1.54) is 30.3 Å². The van der Waals surface area contributed by atoms with Crippen LogP contribution in [0.3, 0.4) is 0 Å². The SMILES string of the molecule is COc1cc(NCc2ccccc2O)ccn1.Oc1ccc(F)cc1CNc1ccnc(Br)c1.Oc1ccccc1CNc1ccnc(C(F)(F)F)c1. The highest BCUT2D eigenvalue weighted by molar-refractivity contribution is 9.10. The number of hydrogen-bond donors (Lipinski definition) is 6. The summed E-state index contributed by atoms with van der Waals surface area (Å²) >= 11 is 3.25. The highest BCUT2D eigenvalue weighted by Crippen LogP contribution is 2.29. The van der Waals surface area contributed by atoms with Crippen LogP contribution in [-0.2, 0) is 25.8 Å². The van der Waals surface area contributed by atoms with Gasteiger partial charge >= 0.3 is 6.18 Å². The molecule has 6 N–H and O–H groups in total. The van der Waals surface area contributed by atoms with Crippen molar-refractivity contribution in [1.82, 2.24) is 15.0 Å². The Kier molecular flexibility index (Phi) is 14.6. The monoisotopic (exact) mass is 794 g/mol. The van der Waals surface area contributed by atoms with Crippen molar-refractivity contribution in [3.05, 3.63) is 155 Å². The molecular formula is C38H35BrF4N6O4. The molecule has 53 heavy (non-hydrogen) atoms. The summed E-state index contributed by atoms with van der Waals surface area (Å²) in [5.74, 6) is 0.663. The number of anilines is 3. The molecule has 15 heteroatoms. The standard InChI is InChI=1S/C13H11F3N2O.C13H14N2O2.C12H10BrFN2O/c14-13(15,16)12-7-10(5-6-17-12)18-8-9-3-1-2-4-11(9)19;1-17-13-8-11(6-7-14-13)15-9-10-4-2-3-5-12(10)16;13-12-6-10(3-4-15-12)16-7-8-5-9(14)1-2-11(8)17/h1-7,19H,8H2,(H,17,18);2-8,16H,9H2,1H3,(H,14,15);1-6,17H,7H2,(H,15,16). The predicted molar refractivity (Wildman–Crippen MR) is 198 cm³/mol. The first kappa shape index (κ1) is 39.7. The fraction of sp³-hybridized carbons (Fsp3) is 0.132. The van der Waals surface area contributed by atoms with Gasteiger partial charge in [-0.3, -0.25) is 4.98 Å². The van der Waals surface area contributed by atoms with E-state index in [-0.39, 0.29) is 23.9 Å². The van der Waals surface area contributed by atoms with Gasteiger partial charge in [0, 0.05) is 78.0 Å². The van der Waals surface area contributed by atoms with Gasteiger partial charge in [0.2, 0.25) is 5.88 Å². The fourth-order valence-corrected chi connectivity index (χ4v) is 4.81. The molecule has 3 aromatic carbocycles. The molecule has 3 heterocycles. The number of methoxy groups -OCH3 is 1. The molecule has 6 aromatic rings. The molecule has 0 unspecified atom stereocenters. The van der Waals surface area contributed by atoms with E-state index in [0.717, 1.165) is 29.2 Å². The molecule has 0 fully saturated rings. The van der Waals surface area contributed by atoms with Gasteiger partial charge in [-0.25, -0.2) is 14.4 Å².